The van der Waals surface area contributed by atoms with Crippen LogP contribution in [-0.2, 0) is 6.42 Å². The summed E-state index contributed by atoms with van der Waals surface area (Å²) in [6.07, 6.45) is 3.64. The Bertz CT molecular complexity index is 531. The lowest BCUT2D eigenvalue weighted by Gasteiger charge is -2.18. The van der Waals surface area contributed by atoms with E-state index >= 15 is 0 Å². The number of rotatable bonds is 6. The predicted molar refractivity (Wildman–Crippen MR) is 82.0 cm³/mol. The number of phenols is 1. The lowest BCUT2D eigenvalue weighted by molar-refractivity contribution is 0.475. The maximum atomic E-state index is 9.38. The number of hydrogen-bond donors (Lipinski definition) is 2. The average molecular weight is 267 g/mol. The second-order valence-electron chi connectivity index (χ2n) is 5.66. The molecule has 2 aromatic rings. The largest absolute Gasteiger partial charge is 0.508 e. The monoisotopic (exact) mass is 267 g/mol. The zero-order valence-corrected chi connectivity index (χ0v) is 11.6. The number of nitrogens with one attached hydrogen (secondary N) is 1. The highest BCUT2D eigenvalue weighted by Crippen LogP contribution is 2.24. The van der Waals surface area contributed by atoms with Crippen molar-refractivity contribution in [3.63, 3.8) is 0 Å². The van der Waals surface area contributed by atoms with Crippen LogP contribution in [-0.4, -0.2) is 17.7 Å². The highest BCUT2D eigenvalue weighted by atomic mass is 16.3. The summed E-state index contributed by atoms with van der Waals surface area (Å²) in [7, 11) is 0. The molecule has 0 heterocycles. The summed E-state index contributed by atoms with van der Waals surface area (Å²) >= 11 is 0. The van der Waals surface area contributed by atoms with Crippen LogP contribution in [0.15, 0.2) is 54.6 Å². The fourth-order valence-electron chi connectivity index (χ4n) is 2.55. The molecule has 0 spiro atoms. The van der Waals surface area contributed by atoms with Crippen molar-refractivity contribution < 1.29 is 5.11 Å². The molecule has 0 amide bonds. The molecule has 2 nitrogen and oxygen atoms in total. The van der Waals surface area contributed by atoms with Crippen LogP contribution in [0.2, 0.25) is 0 Å². The number of hydrogen-bond acceptors (Lipinski definition) is 2. The smallest absolute Gasteiger partial charge is 0.115 e. The summed E-state index contributed by atoms with van der Waals surface area (Å²) < 4.78 is 0. The normalized spacial score (nSPS) is 16.0. The molecular weight excluding hydrogens is 246 g/mol. The Kier molecular flexibility index (Phi) is 4.03. The molecule has 1 aliphatic rings. The van der Waals surface area contributed by atoms with Crippen molar-refractivity contribution in [2.75, 3.05) is 6.54 Å². The van der Waals surface area contributed by atoms with Gasteiger partial charge in [0.1, 0.15) is 5.75 Å². The van der Waals surface area contributed by atoms with E-state index in [4.69, 9.17) is 0 Å². The maximum Gasteiger partial charge on any atom is 0.115 e. The molecule has 1 atom stereocenters. The van der Waals surface area contributed by atoms with Gasteiger partial charge in [0, 0.05) is 18.5 Å². The fourth-order valence-corrected chi connectivity index (χ4v) is 2.55. The van der Waals surface area contributed by atoms with Gasteiger partial charge >= 0.3 is 0 Å². The van der Waals surface area contributed by atoms with E-state index in [1.807, 2.05) is 12.1 Å². The average Bonchev–Trinajstić information content (AvgIpc) is 3.31. The quantitative estimate of drug-likeness (QED) is 0.840. The van der Waals surface area contributed by atoms with E-state index in [-0.39, 0.29) is 0 Å². The Balaban J connectivity index is 1.72. The van der Waals surface area contributed by atoms with Crippen LogP contribution in [0, 0.1) is 0 Å². The maximum absolute atomic E-state index is 9.38. The highest BCUT2D eigenvalue weighted by Gasteiger charge is 2.22. The van der Waals surface area contributed by atoms with Gasteiger partial charge in [0.2, 0.25) is 0 Å². The van der Waals surface area contributed by atoms with Crippen molar-refractivity contribution in [2.24, 2.45) is 0 Å². The first-order chi connectivity index (χ1) is 9.81. The van der Waals surface area contributed by atoms with Crippen molar-refractivity contribution in [3.8, 4) is 5.75 Å². The van der Waals surface area contributed by atoms with Gasteiger partial charge in [-0.25, -0.2) is 0 Å². The van der Waals surface area contributed by atoms with Crippen LogP contribution in [0.5, 0.6) is 5.75 Å². The molecule has 104 valence electrons. The molecule has 1 aliphatic carbocycles. The van der Waals surface area contributed by atoms with Crippen molar-refractivity contribution in [1.29, 1.82) is 0 Å². The summed E-state index contributed by atoms with van der Waals surface area (Å²) in [6, 6.07) is 19.0. The lowest BCUT2D eigenvalue weighted by atomic mass is 9.92. The van der Waals surface area contributed by atoms with Crippen LogP contribution < -0.4 is 5.32 Å². The van der Waals surface area contributed by atoms with Gasteiger partial charge in [0.15, 0.2) is 0 Å². The zero-order chi connectivity index (χ0) is 13.8. The molecule has 1 saturated carbocycles. The first-order valence-electron chi connectivity index (χ1n) is 7.37. The molecule has 1 unspecified atom stereocenters. The van der Waals surface area contributed by atoms with Gasteiger partial charge in [0.25, 0.3) is 0 Å². The van der Waals surface area contributed by atoms with E-state index in [0.29, 0.717) is 11.7 Å². The van der Waals surface area contributed by atoms with E-state index < -0.39 is 0 Å². The van der Waals surface area contributed by atoms with Crippen molar-refractivity contribution in [3.05, 3.63) is 65.7 Å². The molecule has 0 radical (unpaired) electrons. The standard InChI is InChI=1S/C18H21NO/c20-18-10-6-14(7-11-18)12-16(13-19-17-8-9-17)15-4-2-1-3-5-15/h1-7,10-11,16-17,19-20H,8-9,12-13H2. The molecule has 20 heavy (non-hydrogen) atoms. The van der Waals surface area contributed by atoms with E-state index in [9.17, 15) is 5.11 Å². The van der Waals surface area contributed by atoms with Gasteiger partial charge in [-0.1, -0.05) is 42.5 Å². The van der Waals surface area contributed by atoms with Gasteiger partial charge in [-0.2, -0.15) is 0 Å². The summed E-state index contributed by atoms with van der Waals surface area (Å²) in [6.45, 7) is 1.02. The first kappa shape index (κ1) is 13.2. The number of phenolic OH excluding ortho intramolecular Hbond substituents is 1. The van der Waals surface area contributed by atoms with Gasteiger partial charge in [-0.15, -0.1) is 0 Å². The van der Waals surface area contributed by atoms with Gasteiger partial charge < -0.3 is 10.4 Å². The Morgan fingerprint density at radius 3 is 2.35 bits per heavy atom. The lowest BCUT2D eigenvalue weighted by Crippen LogP contribution is -2.24. The van der Waals surface area contributed by atoms with E-state index in [2.05, 4.69) is 35.6 Å². The fraction of sp³-hybridized carbons (Fsp3) is 0.333. The Labute approximate surface area is 120 Å². The Hall–Kier alpha value is -1.80. The second-order valence-corrected chi connectivity index (χ2v) is 5.66. The molecule has 0 bridgehead atoms. The second kappa shape index (κ2) is 6.10. The summed E-state index contributed by atoms with van der Waals surface area (Å²) in [5.41, 5.74) is 2.66. The zero-order valence-electron chi connectivity index (χ0n) is 11.6. The van der Waals surface area contributed by atoms with Crippen LogP contribution in [0.4, 0.5) is 0 Å². The summed E-state index contributed by atoms with van der Waals surface area (Å²) in [5.74, 6) is 0.822. The van der Waals surface area contributed by atoms with Gasteiger partial charge in [-0.3, -0.25) is 0 Å². The van der Waals surface area contributed by atoms with Crippen molar-refractivity contribution in [1.82, 2.24) is 5.32 Å². The minimum absolute atomic E-state index is 0.334. The van der Waals surface area contributed by atoms with Crippen LogP contribution in [0.1, 0.15) is 29.9 Å². The Morgan fingerprint density at radius 2 is 1.70 bits per heavy atom. The molecule has 2 N–H and O–H groups in total. The topological polar surface area (TPSA) is 32.3 Å². The molecule has 1 fully saturated rings. The molecule has 2 heteroatoms. The van der Waals surface area contributed by atoms with Crippen LogP contribution >= 0.6 is 0 Å². The highest BCUT2D eigenvalue weighted by molar-refractivity contribution is 5.29. The van der Waals surface area contributed by atoms with E-state index in [1.54, 1.807) is 12.1 Å². The predicted octanol–water partition coefficient (Wildman–Crippen LogP) is 3.47. The molecule has 0 aromatic heterocycles. The third-order valence-corrected chi connectivity index (χ3v) is 3.92. The van der Waals surface area contributed by atoms with Crippen molar-refractivity contribution >= 4 is 0 Å². The SMILES string of the molecule is Oc1ccc(CC(CNC2CC2)c2ccccc2)cc1. The van der Waals surface area contributed by atoms with E-state index in [1.165, 1.54) is 24.0 Å². The van der Waals surface area contributed by atoms with Crippen molar-refractivity contribution in [2.45, 2.75) is 31.2 Å². The third-order valence-electron chi connectivity index (χ3n) is 3.92. The van der Waals surface area contributed by atoms with Gasteiger partial charge in [-0.05, 0) is 42.5 Å². The molecule has 0 saturated heterocycles. The minimum atomic E-state index is 0.334. The summed E-state index contributed by atoms with van der Waals surface area (Å²) in [4.78, 5) is 0. The number of aromatic hydroxyl groups is 1. The van der Waals surface area contributed by atoms with Gasteiger partial charge in [0.05, 0.1) is 0 Å². The third kappa shape index (κ3) is 3.61. The van der Waals surface area contributed by atoms with Crippen LogP contribution in [0.3, 0.4) is 0 Å². The Morgan fingerprint density at radius 1 is 1.00 bits per heavy atom. The molecule has 3 rings (SSSR count). The minimum Gasteiger partial charge on any atom is -0.508 e. The van der Waals surface area contributed by atoms with Crippen LogP contribution in [0.25, 0.3) is 0 Å². The van der Waals surface area contributed by atoms with E-state index in [0.717, 1.165) is 19.0 Å². The first-order valence-corrected chi connectivity index (χ1v) is 7.37. The summed E-state index contributed by atoms with van der Waals surface area (Å²) in [5, 5.41) is 13.0. The number of benzene rings is 2. The molecular formula is C18H21NO. The molecule has 2 aromatic carbocycles. The molecule has 0 aliphatic heterocycles.